The molecule has 1 aliphatic carbocycles. The number of hydrogen-bond donors (Lipinski definition) is 1. The van der Waals surface area contributed by atoms with Gasteiger partial charge in [0.25, 0.3) is 5.91 Å². The van der Waals surface area contributed by atoms with E-state index in [1.165, 1.54) is 29.7 Å². The highest BCUT2D eigenvalue weighted by Crippen LogP contribution is 2.33. The second kappa shape index (κ2) is 9.78. The molecule has 1 aromatic heterocycles. The molecule has 2 amide bonds. The van der Waals surface area contributed by atoms with Crippen LogP contribution in [0.15, 0.2) is 18.2 Å². The predicted octanol–water partition coefficient (Wildman–Crippen LogP) is 2.70. The Morgan fingerprint density at radius 2 is 1.73 bits per heavy atom. The topological polar surface area (TPSA) is 73.7 Å². The van der Waals surface area contributed by atoms with Crippen molar-refractivity contribution in [1.82, 2.24) is 24.9 Å². The van der Waals surface area contributed by atoms with Crippen LogP contribution >= 0.6 is 0 Å². The Labute approximate surface area is 220 Å². The van der Waals surface area contributed by atoms with Gasteiger partial charge in [-0.2, -0.15) is 5.10 Å². The average molecular weight is 505 g/mol. The molecule has 8 heteroatoms. The summed E-state index contributed by atoms with van der Waals surface area (Å²) in [6, 6.07) is 6.44. The molecule has 0 atom stereocenters. The van der Waals surface area contributed by atoms with Crippen molar-refractivity contribution < 1.29 is 9.59 Å². The van der Waals surface area contributed by atoms with Gasteiger partial charge in [0.2, 0.25) is 5.91 Å². The van der Waals surface area contributed by atoms with Crippen LogP contribution in [0.4, 0.5) is 5.69 Å². The fraction of sp³-hybridized carbons (Fsp3) is 0.621. The predicted molar refractivity (Wildman–Crippen MR) is 144 cm³/mol. The maximum Gasteiger partial charge on any atom is 0.274 e. The summed E-state index contributed by atoms with van der Waals surface area (Å²) >= 11 is 0. The fourth-order valence-electron chi connectivity index (χ4n) is 6.90. The lowest BCUT2D eigenvalue weighted by Gasteiger charge is -2.39. The van der Waals surface area contributed by atoms with Gasteiger partial charge in [-0.05, 0) is 82.5 Å². The fourth-order valence-corrected chi connectivity index (χ4v) is 6.90. The van der Waals surface area contributed by atoms with Gasteiger partial charge in [0.05, 0.1) is 0 Å². The number of piperazine rings is 1. The summed E-state index contributed by atoms with van der Waals surface area (Å²) < 4.78 is 1.85. The van der Waals surface area contributed by atoms with Crippen LogP contribution in [0, 0.1) is 13.8 Å². The smallest absolute Gasteiger partial charge is 0.274 e. The number of likely N-dealkylation sites (tertiary alicyclic amines) is 1. The number of carbonyl (C=O) groups excluding carboxylic acids is 2. The zero-order valence-electron chi connectivity index (χ0n) is 22.4. The Morgan fingerprint density at radius 1 is 0.946 bits per heavy atom. The minimum atomic E-state index is 0.0549. The summed E-state index contributed by atoms with van der Waals surface area (Å²) in [5, 5.41) is 8.45. The van der Waals surface area contributed by atoms with Gasteiger partial charge in [0, 0.05) is 61.8 Å². The lowest BCUT2D eigenvalue weighted by molar-refractivity contribution is -0.132. The lowest BCUT2D eigenvalue weighted by atomic mass is 9.86. The quantitative estimate of drug-likeness (QED) is 0.693. The molecule has 3 aliphatic heterocycles. The van der Waals surface area contributed by atoms with E-state index in [0.29, 0.717) is 18.8 Å². The molecule has 1 N–H and O–H groups in total. The second-order valence-electron chi connectivity index (χ2n) is 11.5. The first-order valence-electron chi connectivity index (χ1n) is 14.2. The average Bonchev–Trinajstić information content (AvgIpc) is 3.65. The van der Waals surface area contributed by atoms with Crippen molar-refractivity contribution in [2.75, 3.05) is 50.7 Å². The van der Waals surface area contributed by atoms with Gasteiger partial charge in [-0.1, -0.05) is 12.1 Å². The number of anilines is 1. The maximum absolute atomic E-state index is 13.5. The van der Waals surface area contributed by atoms with Crippen molar-refractivity contribution in [3.8, 4) is 0 Å². The molecular weight excluding hydrogens is 464 g/mol. The summed E-state index contributed by atoms with van der Waals surface area (Å²) in [5.74, 6) is 0.156. The standard InChI is InChI=1S/C29H40N6O2/c1-21-6-3-8-24(22(21)2)32-16-18-33(19-17-32)26(36)20-35-25-9-4-7-23(25)27(31-35)28(37)34-14-11-29(12-15-34)10-5-13-30-29/h3,6,8,30H,4-5,7,9-20H2,1-2H3. The number of hydrogen-bond acceptors (Lipinski definition) is 5. The van der Waals surface area contributed by atoms with Crippen LogP contribution in [-0.4, -0.2) is 82.7 Å². The number of nitrogens with zero attached hydrogens (tertiary/aromatic N) is 5. The molecule has 3 saturated heterocycles. The molecule has 4 heterocycles. The maximum atomic E-state index is 13.5. The molecule has 2 aromatic rings. The van der Waals surface area contributed by atoms with E-state index in [1.807, 2.05) is 14.5 Å². The van der Waals surface area contributed by atoms with Crippen molar-refractivity contribution in [2.45, 2.75) is 70.9 Å². The molecule has 0 radical (unpaired) electrons. The zero-order chi connectivity index (χ0) is 25.6. The van der Waals surface area contributed by atoms with E-state index in [4.69, 9.17) is 5.10 Å². The first-order valence-corrected chi connectivity index (χ1v) is 14.2. The zero-order valence-corrected chi connectivity index (χ0v) is 22.4. The molecular formula is C29H40N6O2. The number of aryl methyl sites for hydroxylation is 1. The molecule has 4 aliphatic rings. The number of rotatable bonds is 4. The monoisotopic (exact) mass is 504 g/mol. The summed E-state index contributed by atoms with van der Waals surface area (Å²) in [6.45, 7) is 10.3. The summed E-state index contributed by atoms with van der Waals surface area (Å²) in [6.07, 6.45) is 7.32. The number of aromatic nitrogens is 2. The normalized spacial score (nSPS) is 21.1. The molecule has 37 heavy (non-hydrogen) atoms. The Bertz CT molecular complexity index is 1180. The van der Waals surface area contributed by atoms with Crippen LogP contribution in [-0.2, 0) is 24.2 Å². The van der Waals surface area contributed by atoms with Crippen LogP contribution in [0.5, 0.6) is 0 Å². The highest BCUT2D eigenvalue weighted by molar-refractivity contribution is 5.94. The summed E-state index contributed by atoms with van der Waals surface area (Å²) in [7, 11) is 0. The number of piperidine rings is 1. The second-order valence-corrected chi connectivity index (χ2v) is 11.5. The number of nitrogens with one attached hydrogen (secondary N) is 1. The Balaban J connectivity index is 1.10. The van der Waals surface area contributed by atoms with Crippen molar-refractivity contribution in [2.24, 2.45) is 0 Å². The lowest BCUT2D eigenvalue weighted by Crippen LogP contribution is -2.51. The molecule has 0 saturated carbocycles. The molecule has 3 fully saturated rings. The van der Waals surface area contributed by atoms with Crippen molar-refractivity contribution in [3.63, 3.8) is 0 Å². The molecule has 198 valence electrons. The van der Waals surface area contributed by atoms with Gasteiger partial charge >= 0.3 is 0 Å². The number of fused-ring (bicyclic) bond motifs is 1. The van der Waals surface area contributed by atoms with E-state index in [1.54, 1.807) is 0 Å². The van der Waals surface area contributed by atoms with Gasteiger partial charge in [0.1, 0.15) is 6.54 Å². The van der Waals surface area contributed by atoms with Gasteiger partial charge < -0.3 is 20.0 Å². The Morgan fingerprint density at radius 3 is 2.46 bits per heavy atom. The largest absolute Gasteiger partial charge is 0.368 e. The van der Waals surface area contributed by atoms with Crippen LogP contribution in [0.2, 0.25) is 0 Å². The number of amides is 2. The Hall–Kier alpha value is -2.87. The van der Waals surface area contributed by atoms with E-state index < -0.39 is 0 Å². The van der Waals surface area contributed by atoms with E-state index in [-0.39, 0.29) is 23.9 Å². The minimum Gasteiger partial charge on any atom is -0.368 e. The molecule has 1 spiro atoms. The summed E-state index contributed by atoms with van der Waals surface area (Å²) in [5.41, 5.74) is 6.89. The molecule has 6 rings (SSSR count). The molecule has 0 bridgehead atoms. The molecule has 8 nitrogen and oxygen atoms in total. The molecule has 0 unspecified atom stereocenters. The highest BCUT2D eigenvalue weighted by atomic mass is 16.2. The van der Waals surface area contributed by atoms with Gasteiger partial charge in [-0.3, -0.25) is 14.3 Å². The highest BCUT2D eigenvalue weighted by Gasteiger charge is 2.39. The number of carbonyl (C=O) groups is 2. The SMILES string of the molecule is Cc1cccc(N2CCN(C(=O)Cn3nc(C(=O)N4CCC5(CCCN5)CC4)c4c3CCC4)CC2)c1C. The van der Waals surface area contributed by atoms with Crippen molar-refractivity contribution >= 4 is 17.5 Å². The third-order valence-corrected chi connectivity index (χ3v) is 9.38. The summed E-state index contributed by atoms with van der Waals surface area (Å²) in [4.78, 5) is 33.2. The van der Waals surface area contributed by atoms with Crippen molar-refractivity contribution in [3.05, 3.63) is 46.3 Å². The Kier molecular flexibility index (Phi) is 6.47. The molecule has 1 aromatic carbocycles. The van der Waals surface area contributed by atoms with Crippen LogP contribution in [0.25, 0.3) is 0 Å². The number of benzene rings is 1. The minimum absolute atomic E-state index is 0.0549. The van der Waals surface area contributed by atoms with Crippen LogP contribution in [0.1, 0.15) is 65.0 Å². The van der Waals surface area contributed by atoms with E-state index in [0.717, 1.165) is 76.1 Å². The van der Waals surface area contributed by atoms with Crippen LogP contribution < -0.4 is 10.2 Å². The van der Waals surface area contributed by atoms with Crippen molar-refractivity contribution in [1.29, 1.82) is 0 Å². The first kappa shape index (κ1) is 24.5. The first-order chi connectivity index (χ1) is 17.9. The van der Waals surface area contributed by atoms with Gasteiger partial charge in [0.15, 0.2) is 5.69 Å². The van der Waals surface area contributed by atoms with E-state index in [9.17, 15) is 9.59 Å². The van der Waals surface area contributed by atoms with Gasteiger partial charge in [-0.15, -0.1) is 0 Å². The third kappa shape index (κ3) is 4.54. The van der Waals surface area contributed by atoms with Crippen LogP contribution in [0.3, 0.4) is 0 Å². The van der Waals surface area contributed by atoms with E-state index in [2.05, 4.69) is 42.3 Å². The van der Waals surface area contributed by atoms with Gasteiger partial charge in [-0.25, -0.2) is 0 Å². The third-order valence-electron chi connectivity index (χ3n) is 9.38. The van der Waals surface area contributed by atoms with E-state index >= 15 is 0 Å².